The topological polar surface area (TPSA) is 65.3 Å². The molecule has 1 aromatic heterocycles. The van der Waals surface area contributed by atoms with Crippen molar-refractivity contribution in [3.05, 3.63) is 57.5 Å². The van der Waals surface area contributed by atoms with Crippen LogP contribution in [0.5, 0.6) is 11.6 Å². The highest BCUT2D eigenvalue weighted by Crippen LogP contribution is 2.25. The molecular weight excluding hydrogens is 251 g/mol. The number of hydrogen-bond donors (Lipinski definition) is 0. The van der Waals surface area contributed by atoms with Gasteiger partial charge in [0, 0.05) is 17.7 Å². The molecule has 0 bridgehead atoms. The van der Waals surface area contributed by atoms with Gasteiger partial charge in [0.15, 0.2) is 0 Å². The quantitative estimate of drug-likeness (QED) is 0.626. The van der Waals surface area contributed by atoms with E-state index in [4.69, 9.17) is 4.74 Å². The molecule has 19 heavy (non-hydrogen) atoms. The molecule has 0 aliphatic rings. The molecule has 5 nitrogen and oxygen atoms in total. The molecule has 0 fully saturated rings. The first-order valence-electron chi connectivity index (χ1n) is 5.52. The van der Waals surface area contributed by atoms with Crippen LogP contribution >= 0.6 is 0 Å². The molecule has 0 saturated carbocycles. The first kappa shape index (κ1) is 12.9. The highest BCUT2D eigenvalue weighted by atomic mass is 19.1. The summed E-state index contributed by atoms with van der Waals surface area (Å²) in [5, 5.41) is 10.6. The fraction of sp³-hybridized carbons (Fsp3) is 0.154. The van der Waals surface area contributed by atoms with E-state index >= 15 is 0 Å². The third-order valence-corrected chi connectivity index (χ3v) is 2.62. The maximum Gasteiger partial charge on any atom is 0.290 e. The Balaban J connectivity index is 2.26. The van der Waals surface area contributed by atoms with Gasteiger partial charge < -0.3 is 4.74 Å². The van der Waals surface area contributed by atoms with Gasteiger partial charge in [-0.1, -0.05) is 6.07 Å². The summed E-state index contributed by atoms with van der Waals surface area (Å²) in [4.78, 5) is 14.0. The molecule has 98 valence electrons. The standard InChI is InChI=1S/C13H11FN2O3/c1-8-3-4-10(6-11(8)14)19-13-5-9(2)12(7-15-13)16(17)18/h3-7H,1-2H3. The maximum atomic E-state index is 13.3. The number of rotatable bonds is 3. The summed E-state index contributed by atoms with van der Waals surface area (Å²) in [7, 11) is 0. The number of aromatic nitrogens is 1. The second-order valence-electron chi connectivity index (χ2n) is 4.08. The minimum absolute atomic E-state index is 0.0811. The molecule has 0 amide bonds. The van der Waals surface area contributed by atoms with Gasteiger partial charge >= 0.3 is 0 Å². The van der Waals surface area contributed by atoms with Crippen LogP contribution in [0.3, 0.4) is 0 Å². The van der Waals surface area contributed by atoms with E-state index in [0.717, 1.165) is 6.20 Å². The summed E-state index contributed by atoms with van der Waals surface area (Å²) in [5.41, 5.74) is 0.866. The van der Waals surface area contributed by atoms with Crippen LogP contribution in [0, 0.1) is 29.8 Å². The molecule has 0 aliphatic carbocycles. The minimum Gasteiger partial charge on any atom is -0.439 e. The van der Waals surface area contributed by atoms with E-state index in [-0.39, 0.29) is 17.4 Å². The molecule has 0 N–H and O–H groups in total. The van der Waals surface area contributed by atoms with Crippen LogP contribution in [0.4, 0.5) is 10.1 Å². The minimum atomic E-state index is -0.516. The lowest BCUT2D eigenvalue weighted by Crippen LogP contribution is -1.95. The van der Waals surface area contributed by atoms with Crippen LogP contribution in [-0.4, -0.2) is 9.91 Å². The van der Waals surface area contributed by atoms with Gasteiger partial charge in [0.05, 0.1) is 4.92 Å². The third kappa shape index (κ3) is 2.85. The Bertz CT molecular complexity index is 644. The van der Waals surface area contributed by atoms with Crippen LogP contribution < -0.4 is 4.74 Å². The van der Waals surface area contributed by atoms with E-state index in [1.54, 1.807) is 26.0 Å². The van der Waals surface area contributed by atoms with Gasteiger partial charge in [-0.05, 0) is 25.5 Å². The highest BCUT2D eigenvalue weighted by molar-refractivity contribution is 5.40. The summed E-state index contributed by atoms with van der Waals surface area (Å²) < 4.78 is 18.7. The zero-order valence-electron chi connectivity index (χ0n) is 10.4. The number of pyridine rings is 1. The Hall–Kier alpha value is -2.50. The fourth-order valence-corrected chi connectivity index (χ4v) is 1.53. The molecule has 6 heteroatoms. The third-order valence-electron chi connectivity index (χ3n) is 2.62. The van der Waals surface area contributed by atoms with Crippen LogP contribution in [0.15, 0.2) is 30.5 Å². The predicted molar refractivity (Wildman–Crippen MR) is 66.8 cm³/mol. The molecule has 0 aliphatic heterocycles. The zero-order chi connectivity index (χ0) is 14.0. The van der Waals surface area contributed by atoms with Crippen molar-refractivity contribution in [1.29, 1.82) is 0 Å². The Kier molecular flexibility index (Phi) is 3.41. The largest absolute Gasteiger partial charge is 0.439 e. The summed E-state index contributed by atoms with van der Waals surface area (Å²) in [6, 6.07) is 5.88. The summed E-state index contributed by atoms with van der Waals surface area (Å²) in [6.45, 7) is 3.23. The first-order valence-corrected chi connectivity index (χ1v) is 5.52. The molecular formula is C13H11FN2O3. The Morgan fingerprint density at radius 1 is 1.26 bits per heavy atom. The lowest BCUT2D eigenvalue weighted by atomic mass is 10.2. The lowest BCUT2D eigenvalue weighted by molar-refractivity contribution is -0.385. The number of nitrogens with zero attached hydrogens (tertiary/aromatic N) is 2. The number of ether oxygens (including phenoxy) is 1. The monoisotopic (exact) mass is 262 g/mol. The number of benzene rings is 1. The van der Waals surface area contributed by atoms with E-state index in [0.29, 0.717) is 16.9 Å². The molecule has 2 rings (SSSR count). The van der Waals surface area contributed by atoms with Crippen molar-refractivity contribution >= 4 is 5.69 Å². The van der Waals surface area contributed by atoms with E-state index < -0.39 is 4.92 Å². The van der Waals surface area contributed by atoms with E-state index in [9.17, 15) is 14.5 Å². The maximum absolute atomic E-state index is 13.3. The Morgan fingerprint density at radius 3 is 2.58 bits per heavy atom. The van der Waals surface area contributed by atoms with Crippen molar-refractivity contribution in [3.8, 4) is 11.6 Å². The van der Waals surface area contributed by atoms with Crippen LogP contribution in [0.25, 0.3) is 0 Å². The van der Waals surface area contributed by atoms with Gasteiger partial charge in [-0.2, -0.15) is 0 Å². The fourth-order valence-electron chi connectivity index (χ4n) is 1.53. The number of nitro groups is 1. The van der Waals surface area contributed by atoms with Gasteiger partial charge in [0.25, 0.3) is 5.69 Å². The average Bonchev–Trinajstić information content (AvgIpc) is 2.33. The highest BCUT2D eigenvalue weighted by Gasteiger charge is 2.12. The Morgan fingerprint density at radius 2 is 2.00 bits per heavy atom. The molecule has 0 atom stereocenters. The summed E-state index contributed by atoms with van der Waals surface area (Å²) in [6.07, 6.45) is 1.12. The predicted octanol–water partition coefficient (Wildman–Crippen LogP) is 3.54. The molecule has 0 unspecified atom stereocenters. The van der Waals surface area contributed by atoms with Gasteiger partial charge in [0.2, 0.25) is 5.88 Å². The SMILES string of the molecule is Cc1ccc(Oc2cc(C)c([N+](=O)[O-])cn2)cc1F. The summed E-state index contributed by atoms with van der Waals surface area (Å²) in [5.74, 6) is 0.103. The van der Waals surface area contributed by atoms with Crippen molar-refractivity contribution in [1.82, 2.24) is 4.98 Å². The number of halogens is 1. The van der Waals surface area contributed by atoms with Gasteiger partial charge in [-0.3, -0.25) is 10.1 Å². The van der Waals surface area contributed by atoms with Gasteiger partial charge in [-0.15, -0.1) is 0 Å². The van der Waals surface area contributed by atoms with Crippen molar-refractivity contribution in [2.45, 2.75) is 13.8 Å². The van der Waals surface area contributed by atoms with E-state index in [1.807, 2.05) is 0 Å². The second kappa shape index (κ2) is 5.01. The molecule has 1 heterocycles. The molecule has 0 radical (unpaired) electrons. The van der Waals surface area contributed by atoms with Crippen LogP contribution in [-0.2, 0) is 0 Å². The normalized spacial score (nSPS) is 10.3. The van der Waals surface area contributed by atoms with Crippen molar-refractivity contribution in [2.24, 2.45) is 0 Å². The van der Waals surface area contributed by atoms with Gasteiger partial charge in [0.1, 0.15) is 17.8 Å². The van der Waals surface area contributed by atoms with Crippen molar-refractivity contribution in [3.63, 3.8) is 0 Å². The molecule has 0 saturated heterocycles. The average molecular weight is 262 g/mol. The van der Waals surface area contributed by atoms with Crippen LogP contribution in [0.2, 0.25) is 0 Å². The van der Waals surface area contributed by atoms with Crippen LogP contribution in [0.1, 0.15) is 11.1 Å². The molecule has 1 aromatic carbocycles. The van der Waals surface area contributed by atoms with E-state index in [2.05, 4.69) is 4.98 Å². The van der Waals surface area contributed by atoms with Crippen molar-refractivity contribution in [2.75, 3.05) is 0 Å². The van der Waals surface area contributed by atoms with E-state index in [1.165, 1.54) is 12.1 Å². The molecule has 2 aromatic rings. The summed E-state index contributed by atoms with van der Waals surface area (Å²) >= 11 is 0. The Labute approximate surface area is 108 Å². The molecule has 0 spiro atoms. The van der Waals surface area contributed by atoms with Crippen molar-refractivity contribution < 1.29 is 14.1 Å². The zero-order valence-corrected chi connectivity index (χ0v) is 10.4. The number of hydrogen-bond acceptors (Lipinski definition) is 4. The lowest BCUT2D eigenvalue weighted by Gasteiger charge is -2.06. The van der Waals surface area contributed by atoms with Gasteiger partial charge in [-0.25, -0.2) is 9.37 Å². The first-order chi connectivity index (χ1) is 8.97. The smallest absolute Gasteiger partial charge is 0.290 e. The number of aryl methyl sites for hydroxylation is 2. The second-order valence-corrected chi connectivity index (χ2v) is 4.08.